The first-order chi connectivity index (χ1) is 11.2. The summed E-state index contributed by atoms with van der Waals surface area (Å²) in [5.41, 5.74) is 0. The molecule has 0 saturated carbocycles. The molecule has 1 rings (SSSR count). The third-order valence-electron chi connectivity index (χ3n) is 3.44. The molecule has 7 heteroatoms. The number of carbonyl (C=O) groups is 1. The highest BCUT2D eigenvalue weighted by molar-refractivity contribution is 7.91. The number of nitrogens with zero attached hydrogens (tertiary/aromatic N) is 2. The van der Waals surface area contributed by atoms with Crippen LogP contribution < -0.4 is 5.32 Å². The molecule has 0 spiro atoms. The Morgan fingerprint density at radius 3 is 2.29 bits per heavy atom. The number of amides is 2. The lowest BCUT2D eigenvalue weighted by Crippen LogP contribution is -2.45. The molecule has 0 aliphatic rings. The number of hydrogen-bond acceptors (Lipinski definition) is 4. The molecule has 1 aromatic rings. The maximum atomic E-state index is 12.3. The molecule has 0 fully saturated rings. The van der Waals surface area contributed by atoms with Crippen molar-refractivity contribution in [3.63, 3.8) is 0 Å². The second-order valence-corrected chi connectivity index (χ2v) is 8.62. The molecule has 0 unspecified atom stereocenters. The Bertz CT molecular complexity index is 601. The SMILES string of the molecule is CC(C)CN(CCN(C)C)C(=O)NCCS(=O)(=O)c1ccccc1. The van der Waals surface area contributed by atoms with E-state index >= 15 is 0 Å². The van der Waals surface area contributed by atoms with Crippen LogP contribution in [0.15, 0.2) is 35.2 Å². The number of benzene rings is 1. The van der Waals surface area contributed by atoms with E-state index in [-0.39, 0.29) is 23.2 Å². The van der Waals surface area contributed by atoms with E-state index < -0.39 is 9.84 Å². The predicted octanol–water partition coefficient (Wildman–Crippen LogP) is 1.69. The zero-order valence-electron chi connectivity index (χ0n) is 15.0. The minimum absolute atomic E-state index is 0.104. The maximum Gasteiger partial charge on any atom is 0.317 e. The molecule has 0 heterocycles. The molecule has 0 aromatic heterocycles. The molecule has 0 saturated heterocycles. The van der Waals surface area contributed by atoms with Crippen LogP contribution >= 0.6 is 0 Å². The fourth-order valence-corrected chi connectivity index (χ4v) is 3.37. The second kappa shape index (κ2) is 9.64. The Morgan fingerprint density at radius 1 is 1.12 bits per heavy atom. The standard InChI is InChI=1S/C17H29N3O3S/c1-15(2)14-20(12-11-19(3)4)17(21)18-10-13-24(22,23)16-8-6-5-7-9-16/h5-9,15H,10-14H2,1-4H3,(H,18,21). The van der Waals surface area contributed by atoms with Crippen LogP contribution in [0.1, 0.15) is 13.8 Å². The fourth-order valence-electron chi connectivity index (χ4n) is 2.19. The van der Waals surface area contributed by atoms with Gasteiger partial charge in [0.25, 0.3) is 0 Å². The summed E-state index contributed by atoms with van der Waals surface area (Å²) in [6, 6.07) is 8.08. The van der Waals surface area contributed by atoms with Crippen molar-refractivity contribution in [1.29, 1.82) is 0 Å². The third-order valence-corrected chi connectivity index (χ3v) is 5.17. The summed E-state index contributed by atoms with van der Waals surface area (Å²) >= 11 is 0. The van der Waals surface area contributed by atoms with Gasteiger partial charge in [-0.05, 0) is 32.1 Å². The number of rotatable bonds is 9. The molecule has 1 N–H and O–H groups in total. The van der Waals surface area contributed by atoms with Gasteiger partial charge in [0.2, 0.25) is 0 Å². The van der Waals surface area contributed by atoms with Gasteiger partial charge in [0.15, 0.2) is 9.84 Å². The van der Waals surface area contributed by atoms with Crippen molar-refractivity contribution >= 4 is 15.9 Å². The van der Waals surface area contributed by atoms with Crippen molar-refractivity contribution in [3.05, 3.63) is 30.3 Å². The van der Waals surface area contributed by atoms with Crippen LogP contribution in [-0.4, -0.2) is 70.3 Å². The Morgan fingerprint density at radius 2 is 1.75 bits per heavy atom. The number of sulfone groups is 1. The van der Waals surface area contributed by atoms with E-state index in [0.717, 1.165) is 6.54 Å². The molecule has 0 bridgehead atoms. The van der Waals surface area contributed by atoms with Gasteiger partial charge in [-0.3, -0.25) is 0 Å². The fraction of sp³-hybridized carbons (Fsp3) is 0.588. The van der Waals surface area contributed by atoms with Gasteiger partial charge in [-0.25, -0.2) is 13.2 Å². The number of likely N-dealkylation sites (N-methyl/N-ethyl adjacent to an activating group) is 1. The first kappa shape index (κ1) is 20.4. The number of nitrogens with one attached hydrogen (secondary N) is 1. The largest absolute Gasteiger partial charge is 0.337 e. The minimum atomic E-state index is -3.37. The molecule has 6 nitrogen and oxygen atoms in total. The smallest absolute Gasteiger partial charge is 0.317 e. The summed E-state index contributed by atoms with van der Waals surface area (Å²) < 4.78 is 24.4. The zero-order chi connectivity index (χ0) is 18.2. The van der Waals surface area contributed by atoms with E-state index in [1.807, 2.05) is 19.0 Å². The van der Waals surface area contributed by atoms with Crippen molar-refractivity contribution in [1.82, 2.24) is 15.1 Å². The van der Waals surface area contributed by atoms with E-state index in [9.17, 15) is 13.2 Å². The van der Waals surface area contributed by atoms with Crippen LogP contribution in [0.4, 0.5) is 4.79 Å². The summed E-state index contributed by atoms with van der Waals surface area (Å²) in [4.78, 5) is 16.3. The Labute approximate surface area is 145 Å². The van der Waals surface area contributed by atoms with Gasteiger partial charge >= 0.3 is 6.03 Å². The molecule has 0 atom stereocenters. The number of carbonyl (C=O) groups excluding carboxylic acids is 1. The molecule has 24 heavy (non-hydrogen) atoms. The Hall–Kier alpha value is -1.60. The highest BCUT2D eigenvalue weighted by Gasteiger charge is 2.17. The van der Waals surface area contributed by atoms with Gasteiger partial charge in [0, 0.05) is 26.2 Å². The molecule has 0 aliphatic carbocycles. The zero-order valence-corrected chi connectivity index (χ0v) is 15.8. The molecule has 2 amide bonds. The van der Waals surface area contributed by atoms with Gasteiger partial charge in [0.05, 0.1) is 10.6 Å². The molecular formula is C17H29N3O3S. The highest BCUT2D eigenvalue weighted by Crippen LogP contribution is 2.09. The quantitative estimate of drug-likeness (QED) is 0.732. The summed E-state index contributed by atoms with van der Waals surface area (Å²) in [5.74, 6) is 0.248. The summed E-state index contributed by atoms with van der Waals surface area (Å²) in [6.45, 7) is 6.23. The highest BCUT2D eigenvalue weighted by atomic mass is 32.2. The molecule has 0 aliphatic heterocycles. The molecular weight excluding hydrogens is 326 g/mol. The van der Waals surface area contributed by atoms with Crippen molar-refractivity contribution in [2.45, 2.75) is 18.7 Å². The Kier molecular flexibility index (Phi) is 8.21. The van der Waals surface area contributed by atoms with Gasteiger partial charge in [0.1, 0.15) is 0 Å². The van der Waals surface area contributed by atoms with Crippen LogP contribution in [-0.2, 0) is 9.84 Å². The minimum Gasteiger partial charge on any atom is -0.337 e. The first-order valence-corrected chi connectivity index (χ1v) is 9.83. The number of hydrogen-bond donors (Lipinski definition) is 1. The van der Waals surface area contributed by atoms with E-state index in [0.29, 0.717) is 19.0 Å². The average Bonchev–Trinajstić information content (AvgIpc) is 2.51. The molecule has 136 valence electrons. The lowest BCUT2D eigenvalue weighted by Gasteiger charge is -2.26. The maximum absolute atomic E-state index is 12.3. The lowest BCUT2D eigenvalue weighted by atomic mass is 10.2. The van der Waals surface area contributed by atoms with Gasteiger partial charge in [-0.15, -0.1) is 0 Å². The summed E-state index contributed by atoms with van der Waals surface area (Å²) in [5, 5.41) is 2.73. The van der Waals surface area contributed by atoms with E-state index in [1.165, 1.54) is 0 Å². The van der Waals surface area contributed by atoms with Gasteiger partial charge < -0.3 is 15.1 Å². The van der Waals surface area contributed by atoms with Crippen LogP contribution in [0, 0.1) is 5.92 Å². The van der Waals surface area contributed by atoms with Gasteiger partial charge in [-0.2, -0.15) is 0 Å². The molecule has 0 radical (unpaired) electrons. The van der Waals surface area contributed by atoms with Crippen molar-refractivity contribution < 1.29 is 13.2 Å². The second-order valence-electron chi connectivity index (χ2n) is 6.51. The lowest BCUT2D eigenvalue weighted by molar-refractivity contribution is 0.185. The van der Waals surface area contributed by atoms with Crippen LogP contribution in [0.25, 0.3) is 0 Å². The predicted molar refractivity (Wildman–Crippen MR) is 96.9 cm³/mol. The number of urea groups is 1. The monoisotopic (exact) mass is 355 g/mol. The van der Waals surface area contributed by atoms with Crippen molar-refractivity contribution in [2.24, 2.45) is 5.92 Å². The van der Waals surface area contributed by atoms with Gasteiger partial charge in [-0.1, -0.05) is 32.0 Å². The van der Waals surface area contributed by atoms with Crippen LogP contribution in [0.5, 0.6) is 0 Å². The summed E-state index contributed by atoms with van der Waals surface area (Å²) in [6.07, 6.45) is 0. The Balaban J connectivity index is 2.55. The summed E-state index contributed by atoms with van der Waals surface area (Å²) in [7, 11) is 0.541. The van der Waals surface area contributed by atoms with E-state index in [1.54, 1.807) is 35.2 Å². The van der Waals surface area contributed by atoms with E-state index in [2.05, 4.69) is 19.2 Å². The average molecular weight is 356 g/mol. The van der Waals surface area contributed by atoms with Crippen LogP contribution in [0.2, 0.25) is 0 Å². The molecule has 1 aromatic carbocycles. The topological polar surface area (TPSA) is 69.7 Å². The normalized spacial score (nSPS) is 11.8. The van der Waals surface area contributed by atoms with Crippen LogP contribution in [0.3, 0.4) is 0 Å². The van der Waals surface area contributed by atoms with E-state index in [4.69, 9.17) is 0 Å². The van der Waals surface area contributed by atoms with Crippen molar-refractivity contribution in [3.8, 4) is 0 Å². The van der Waals surface area contributed by atoms with Crippen molar-refractivity contribution in [2.75, 3.05) is 46.0 Å². The third kappa shape index (κ3) is 7.31. The first-order valence-electron chi connectivity index (χ1n) is 8.17.